The van der Waals surface area contributed by atoms with Crippen LogP contribution in [0, 0.1) is 17.2 Å². The highest BCUT2D eigenvalue weighted by Gasteiger charge is 2.36. The molecule has 0 heterocycles. The van der Waals surface area contributed by atoms with Crippen molar-refractivity contribution < 1.29 is 15.0 Å². The molecule has 98 valence electrons. The molecule has 1 saturated carbocycles. The fraction of sp³-hybridized carbons (Fsp3) is 0.833. The normalized spacial score (nSPS) is 25.7. The van der Waals surface area contributed by atoms with Gasteiger partial charge in [0.05, 0.1) is 17.9 Å². The lowest BCUT2D eigenvalue weighted by molar-refractivity contribution is -0.145. The Morgan fingerprint density at radius 3 is 2.59 bits per heavy atom. The first kappa shape index (κ1) is 14.0. The fourth-order valence-electron chi connectivity index (χ4n) is 2.64. The van der Waals surface area contributed by atoms with Gasteiger partial charge >= 0.3 is 5.97 Å². The molecule has 3 atom stereocenters. The molecule has 1 rings (SSSR count). The largest absolute Gasteiger partial charge is 0.481 e. The van der Waals surface area contributed by atoms with E-state index in [1.807, 2.05) is 0 Å². The Bertz CT molecular complexity index is 281. The molecular formula is C12H22N2O3. The van der Waals surface area contributed by atoms with Gasteiger partial charge < -0.3 is 15.9 Å². The molecule has 0 radical (unpaired) electrons. The number of aliphatic hydroxyl groups is 1. The maximum absolute atomic E-state index is 11.2. The number of nitrogens with two attached hydrogens (primary N) is 1. The SMILES string of the molecule is N=C(N)CCCC[C@@H](C(=O)O)[C@H]1CCC[C@@H]1O. The molecule has 0 aromatic carbocycles. The smallest absolute Gasteiger partial charge is 0.306 e. The van der Waals surface area contributed by atoms with E-state index in [1.165, 1.54) is 0 Å². The highest BCUT2D eigenvalue weighted by Crippen LogP contribution is 2.34. The van der Waals surface area contributed by atoms with E-state index >= 15 is 0 Å². The van der Waals surface area contributed by atoms with Gasteiger partial charge in [0.15, 0.2) is 0 Å². The second-order valence-corrected chi connectivity index (χ2v) is 4.88. The summed E-state index contributed by atoms with van der Waals surface area (Å²) in [5.74, 6) is -1.19. The third kappa shape index (κ3) is 4.34. The highest BCUT2D eigenvalue weighted by atomic mass is 16.4. The summed E-state index contributed by atoms with van der Waals surface area (Å²) < 4.78 is 0. The first-order valence-corrected chi connectivity index (χ1v) is 6.26. The van der Waals surface area contributed by atoms with Crippen LogP contribution in [0.25, 0.3) is 0 Å². The molecule has 0 aromatic heterocycles. The maximum atomic E-state index is 11.2. The van der Waals surface area contributed by atoms with Crippen LogP contribution in [-0.2, 0) is 4.79 Å². The second-order valence-electron chi connectivity index (χ2n) is 4.88. The number of nitrogens with one attached hydrogen (secondary N) is 1. The predicted octanol–water partition coefficient (Wildman–Crippen LogP) is 1.34. The van der Waals surface area contributed by atoms with Crippen LogP contribution >= 0.6 is 0 Å². The minimum Gasteiger partial charge on any atom is -0.481 e. The molecule has 1 fully saturated rings. The topological polar surface area (TPSA) is 107 Å². The Balaban J connectivity index is 2.38. The van der Waals surface area contributed by atoms with Crippen molar-refractivity contribution >= 4 is 11.8 Å². The van der Waals surface area contributed by atoms with Crippen LogP contribution in [0.3, 0.4) is 0 Å². The van der Waals surface area contributed by atoms with E-state index in [1.54, 1.807) is 0 Å². The molecule has 0 unspecified atom stereocenters. The average Bonchev–Trinajstić information content (AvgIpc) is 2.63. The molecule has 5 heteroatoms. The molecular weight excluding hydrogens is 220 g/mol. The van der Waals surface area contributed by atoms with Crippen molar-refractivity contribution in [1.82, 2.24) is 0 Å². The summed E-state index contributed by atoms with van der Waals surface area (Å²) in [7, 11) is 0. The molecule has 17 heavy (non-hydrogen) atoms. The van der Waals surface area contributed by atoms with Gasteiger partial charge in [0.25, 0.3) is 0 Å². The van der Waals surface area contributed by atoms with Crippen LogP contribution in [-0.4, -0.2) is 28.1 Å². The van der Waals surface area contributed by atoms with Gasteiger partial charge in [0.1, 0.15) is 0 Å². The van der Waals surface area contributed by atoms with Crippen LogP contribution in [0.5, 0.6) is 0 Å². The van der Waals surface area contributed by atoms with E-state index in [2.05, 4.69) is 0 Å². The number of unbranched alkanes of at least 4 members (excludes halogenated alkanes) is 1. The number of hydrogen-bond donors (Lipinski definition) is 4. The number of carboxylic acids is 1. The van der Waals surface area contributed by atoms with Crippen molar-refractivity contribution in [3.05, 3.63) is 0 Å². The summed E-state index contributed by atoms with van der Waals surface area (Å²) in [5, 5.41) is 26.0. The van der Waals surface area contributed by atoms with Crippen molar-refractivity contribution in [3.8, 4) is 0 Å². The van der Waals surface area contributed by atoms with E-state index in [0.717, 1.165) is 32.1 Å². The summed E-state index contributed by atoms with van der Waals surface area (Å²) in [6, 6.07) is 0. The quantitative estimate of drug-likeness (QED) is 0.307. The number of rotatable bonds is 7. The van der Waals surface area contributed by atoms with Gasteiger partial charge in [-0.3, -0.25) is 10.2 Å². The summed E-state index contributed by atoms with van der Waals surface area (Å²) in [5.41, 5.74) is 5.24. The summed E-state index contributed by atoms with van der Waals surface area (Å²) in [6.07, 6.45) is 4.60. The van der Waals surface area contributed by atoms with Crippen molar-refractivity contribution in [2.45, 2.75) is 51.0 Å². The maximum Gasteiger partial charge on any atom is 0.306 e. The van der Waals surface area contributed by atoms with E-state index in [0.29, 0.717) is 12.8 Å². The molecule has 0 saturated heterocycles. The first-order chi connectivity index (χ1) is 8.02. The third-order valence-corrected chi connectivity index (χ3v) is 3.58. The van der Waals surface area contributed by atoms with Crippen molar-refractivity contribution in [1.29, 1.82) is 5.41 Å². The molecule has 5 nitrogen and oxygen atoms in total. The number of aliphatic carboxylic acids is 1. The lowest BCUT2D eigenvalue weighted by Crippen LogP contribution is -2.29. The predicted molar refractivity (Wildman–Crippen MR) is 64.9 cm³/mol. The van der Waals surface area contributed by atoms with Crippen LogP contribution in [0.4, 0.5) is 0 Å². The van der Waals surface area contributed by atoms with Crippen LogP contribution in [0.1, 0.15) is 44.9 Å². The molecule has 0 aliphatic heterocycles. The third-order valence-electron chi connectivity index (χ3n) is 3.58. The van der Waals surface area contributed by atoms with Gasteiger partial charge in [-0.05, 0) is 31.6 Å². The van der Waals surface area contributed by atoms with Gasteiger partial charge in [-0.25, -0.2) is 0 Å². The summed E-state index contributed by atoms with van der Waals surface area (Å²) in [4.78, 5) is 11.2. The molecule has 5 N–H and O–H groups in total. The molecule has 1 aliphatic rings. The standard InChI is InChI=1S/C12H22N2O3/c13-11(14)7-2-1-4-9(12(16)17)8-5-3-6-10(8)15/h8-10,15H,1-7H2,(H3,13,14)(H,16,17)/t8-,9-,10+/m1/s1. The number of carboxylic acid groups (broad SMARTS) is 1. The number of amidine groups is 1. The van der Waals surface area contributed by atoms with Crippen molar-refractivity contribution in [2.24, 2.45) is 17.6 Å². The summed E-state index contributed by atoms with van der Waals surface area (Å²) >= 11 is 0. The van der Waals surface area contributed by atoms with E-state index in [-0.39, 0.29) is 11.8 Å². The first-order valence-electron chi connectivity index (χ1n) is 6.26. The number of carbonyl (C=O) groups is 1. The highest BCUT2D eigenvalue weighted by molar-refractivity contribution is 5.76. The van der Waals surface area contributed by atoms with Gasteiger partial charge in [0, 0.05) is 6.42 Å². The van der Waals surface area contributed by atoms with Gasteiger partial charge in [0.2, 0.25) is 0 Å². The molecule has 0 amide bonds. The Labute approximate surface area is 102 Å². The lowest BCUT2D eigenvalue weighted by Gasteiger charge is -2.22. The van der Waals surface area contributed by atoms with Crippen LogP contribution in [0.2, 0.25) is 0 Å². The van der Waals surface area contributed by atoms with E-state index < -0.39 is 18.0 Å². The Kier molecular flexibility index (Phi) is 5.41. The van der Waals surface area contributed by atoms with Crippen molar-refractivity contribution in [3.63, 3.8) is 0 Å². The number of aliphatic hydroxyl groups excluding tert-OH is 1. The van der Waals surface area contributed by atoms with Gasteiger partial charge in [-0.15, -0.1) is 0 Å². The fourth-order valence-corrected chi connectivity index (χ4v) is 2.64. The minimum absolute atomic E-state index is 0.0928. The molecule has 0 aromatic rings. The van der Waals surface area contributed by atoms with Crippen LogP contribution in [0.15, 0.2) is 0 Å². The summed E-state index contributed by atoms with van der Waals surface area (Å²) in [6.45, 7) is 0. The monoisotopic (exact) mass is 242 g/mol. The van der Waals surface area contributed by atoms with Gasteiger partial charge in [-0.2, -0.15) is 0 Å². The minimum atomic E-state index is -0.807. The molecule has 0 bridgehead atoms. The molecule has 0 spiro atoms. The van der Waals surface area contributed by atoms with Gasteiger partial charge in [-0.1, -0.05) is 12.8 Å². The zero-order valence-electron chi connectivity index (χ0n) is 10.1. The zero-order valence-corrected chi connectivity index (χ0v) is 10.1. The van der Waals surface area contributed by atoms with Crippen LogP contribution < -0.4 is 5.73 Å². The van der Waals surface area contributed by atoms with E-state index in [9.17, 15) is 15.0 Å². The average molecular weight is 242 g/mol. The Hall–Kier alpha value is -1.10. The number of hydrogen-bond acceptors (Lipinski definition) is 3. The molecule has 1 aliphatic carbocycles. The second kappa shape index (κ2) is 6.59. The Morgan fingerprint density at radius 1 is 1.41 bits per heavy atom. The Morgan fingerprint density at radius 2 is 2.12 bits per heavy atom. The lowest BCUT2D eigenvalue weighted by atomic mass is 9.85. The van der Waals surface area contributed by atoms with E-state index in [4.69, 9.17) is 11.1 Å². The zero-order chi connectivity index (χ0) is 12.8. The van der Waals surface area contributed by atoms with Crippen molar-refractivity contribution in [2.75, 3.05) is 0 Å².